The van der Waals surface area contributed by atoms with Gasteiger partial charge in [-0.25, -0.2) is 0 Å². The highest BCUT2D eigenvalue weighted by molar-refractivity contribution is 5.37. The Morgan fingerprint density at radius 2 is 1.94 bits per heavy atom. The van der Waals surface area contributed by atoms with Crippen molar-refractivity contribution in [1.29, 1.82) is 0 Å². The Hall–Kier alpha value is -0.820. The largest absolute Gasteiger partial charge is 0.393 e. The molecule has 0 spiro atoms. The first-order valence-corrected chi connectivity index (χ1v) is 6.78. The van der Waals surface area contributed by atoms with Gasteiger partial charge in [-0.2, -0.15) is 0 Å². The van der Waals surface area contributed by atoms with Crippen LogP contribution in [0.3, 0.4) is 0 Å². The molecule has 0 aliphatic heterocycles. The van der Waals surface area contributed by atoms with E-state index in [1.165, 1.54) is 30.4 Å². The maximum Gasteiger partial charge on any atom is 0.0520 e. The summed E-state index contributed by atoms with van der Waals surface area (Å²) in [5.74, 6) is 0.763. The summed E-state index contributed by atoms with van der Waals surface area (Å²) < 4.78 is 0. The van der Waals surface area contributed by atoms with E-state index in [0.717, 1.165) is 12.3 Å². The van der Waals surface area contributed by atoms with Gasteiger partial charge >= 0.3 is 0 Å². The van der Waals surface area contributed by atoms with Crippen LogP contribution in [0.4, 0.5) is 0 Å². The minimum atomic E-state index is -0.237. The van der Waals surface area contributed by atoms with Crippen molar-refractivity contribution in [2.75, 3.05) is 0 Å². The summed E-state index contributed by atoms with van der Waals surface area (Å²) in [6.45, 7) is 6.38. The minimum absolute atomic E-state index is 0.0698. The molecule has 1 heteroatoms. The quantitative estimate of drug-likeness (QED) is 0.832. The van der Waals surface area contributed by atoms with Gasteiger partial charge in [0, 0.05) is 0 Å². The summed E-state index contributed by atoms with van der Waals surface area (Å²) in [7, 11) is 0. The molecule has 1 aliphatic rings. The summed E-state index contributed by atoms with van der Waals surface area (Å²) in [6, 6.07) is 8.80. The van der Waals surface area contributed by atoms with Crippen LogP contribution in [-0.2, 0) is 5.41 Å². The molecule has 17 heavy (non-hydrogen) atoms. The van der Waals surface area contributed by atoms with Crippen LogP contribution in [0, 0.1) is 0 Å². The number of hydrogen-bond acceptors (Lipinski definition) is 1. The van der Waals surface area contributed by atoms with Gasteiger partial charge in [-0.05, 0) is 48.6 Å². The average Bonchev–Trinajstić information content (AvgIpc) is 2.13. The van der Waals surface area contributed by atoms with Crippen LogP contribution in [0.5, 0.6) is 0 Å². The van der Waals surface area contributed by atoms with Gasteiger partial charge < -0.3 is 5.11 Å². The molecule has 0 heterocycles. The zero-order chi connectivity index (χ0) is 12.5. The van der Waals surface area contributed by atoms with Crippen molar-refractivity contribution >= 4 is 0 Å². The Morgan fingerprint density at radius 3 is 2.47 bits per heavy atom. The maximum atomic E-state index is 9.65. The molecule has 1 saturated carbocycles. The molecule has 1 nitrogen and oxygen atoms in total. The molecule has 1 aromatic rings. The lowest BCUT2D eigenvalue weighted by Crippen LogP contribution is -2.26. The zero-order valence-electron chi connectivity index (χ0n) is 11.2. The van der Waals surface area contributed by atoms with Crippen molar-refractivity contribution < 1.29 is 5.11 Å². The number of aliphatic hydroxyl groups is 1. The third kappa shape index (κ3) is 2.71. The normalized spacial score (nSPS) is 18.8. The van der Waals surface area contributed by atoms with Crippen LogP contribution in [-0.4, -0.2) is 11.2 Å². The van der Waals surface area contributed by atoms with Crippen LogP contribution in [0.1, 0.15) is 63.5 Å². The highest BCUT2D eigenvalue weighted by Gasteiger charge is 2.29. The summed E-state index contributed by atoms with van der Waals surface area (Å²) in [4.78, 5) is 0. The van der Waals surface area contributed by atoms with Gasteiger partial charge in [0.15, 0.2) is 0 Å². The van der Waals surface area contributed by atoms with E-state index < -0.39 is 0 Å². The van der Waals surface area contributed by atoms with Crippen LogP contribution >= 0.6 is 0 Å². The summed E-state index contributed by atoms with van der Waals surface area (Å²) in [5, 5.41) is 9.65. The second kappa shape index (κ2) is 4.81. The molecule has 1 fully saturated rings. The lowest BCUT2D eigenvalue weighted by molar-refractivity contribution is 0.156. The molecular weight excluding hydrogens is 208 g/mol. The van der Waals surface area contributed by atoms with E-state index in [1.807, 2.05) is 6.92 Å². The van der Waals surface area contributed by atoms with Gasteiger partial charge in [0.1, 0.15) is 0 Å². The zero-order valence-corrected chi connectivity index (χ0v) is 11.2. The fourth-order valence-corrected chi connectivity index (χ4v) is 3.04. The Bertz CT molecular complexity index is 375. The minimum Gasteiger partial charge on any atom is -0.393 e. The molecular formula is C16H24O. The second-order valence-electron chi connectivity index (χ2n) is 6.15. The van der Waals surface area contributed by atoms with Gasteiger partial charge in [-0.3, -0.25) is 0 Å². The number of aliphatic hydroxyl groups excluding tert-OH is 1. The number of benzene rings is 1. The predicted octanol–water partition coefficient (Wildman–Crippen LogP) is 4.00. The molecule has 2 rings (SSSR count). The fourth-order valence-electron chi connectivity index (χ4n) is 3.04. The number of rotatable bonds is 4. The topological polar surface area (TPSA) is 20.2 Å². The van der Waals surface area contributed by atoms with Crippen molar-refractivity contribution in [3.63, 3.8) is 0 Å². The van der Waals surface area contributed by atoms with Crippen LogP contribution < -0.4 is 0 Å². The van der Waals surface area contributed by atoms with Crippen molar-refractivity contribution in [3.8, 4) is 0 Å². The highest BCUT2D eigenvalue weighted by atomic mass is 16.3. The standard InChI is InChI=1S/C16H24O/c1-12(17)11-16(2,3)15-10-5-4-9-14(15)13-7-6-8-13/h4-5,9-10,12-13,17H,6-8,11H2,1-3H3. The van der Waals surface area contributed by atoms with E-state index in [1.54, 1.807) is 0 Å². The van der Waals surface area contributed by atoms with Gasteiger partial charge in [-0.1, -0.05) is 44.5 Å². The molecule has 0 saturated heterocycles. The van der Waals surface area contributed by atoms with E-state index in [9.17, 15) is 5.11 Å². The van der Waals surface area contributed by atoms with Gasteiger partial charge in [0.25, 0.3) is 0 Å². The predicted molar refractivity (Wildman–Crippen MR) is 72.4 cm³/mol. The van der Waals surface area contributed by atoms with Gasteiger partial charge in [0.05, 0.1) is 6.10 Å². The molecule has 1 atom stereocenters. The Kier molecular flexibility index (Phi) is 3.58. The molecule has 0 bridgehead atoms. The van der Waals surface area contributed by atoms with Gasteiger partial charge in [0.2, 0.25) is 0 Å². The second-order valence-corrected chi connectivity index (χ2v) is 6.15. The Labute approximate surface area is 105 Å². The highest BCUT2D eigenvalue weighted by Crippen LogP contribution is 2.42. The van der Waals surface area contributed by atoms with Crippen LogP contribution in [0.15, 0.2) is 24.3 Å². The molecule has 1 aliphatic carbocycles. The van der Waals surface area contributed by atoms with E-state index in [-0.39, 0.29) is 11.5 Å². The monoisotopic (exact) mass is 232 g/mol. The van der Waals surface area contributed by atoms with Crippen LogP contribution in [0.2, 0.25) is 0 Å². The Balaban J connectivity index is 2.30. The first-order valence-electron chi connectivity index (χ1n) is 6.78. The van der Waals surface area contributed by atoms with E-state index >= 15 is 0 Å². The molecule has 1 N–H and O–H groups in total. The number of hydrogen-bond donors (Lipinski definition) is 1. The van der Waals surface area contributed by atoms with E-state index in [4.69, 9.17) is 0 Å². The summed E-state index contributed by atoms with van der Waals surface area (Å²) in [6.07, 6.45) is 4.63. The fraction of sp³-hybridized carbons (Fsp3) is 0.625. The van der Waals surface area contributed by atoms with Gasteiger partial charge in [-0.15, -0.1) is 0 Å². The lowest BCUT2D eigenvalue weighted by Gasteiger charge is -2.34. The SMILES string of the molecule is CC(O)CC(C)(C)c1ccccc1C1CCC1. The molecule has 1 aromatic carbocycles. The summed E-state index contributed by atoms with van der Waals surface area (Å²) in [5.41, 5.74) is 3.02. The summed E-state index contributed by atoms with van der Waals surface area (Å²) >= 11 is 0. The van der Waals surface area contributed by atoms with Crippen molar-refractivity contribution in [3.05, 3.63) is 35.4 Å². The Morgan fingerprint density at radius 1 is 1.29 bits per heavy atom. The smallest absolute Gasteiger partial charge is 0.0520 e. The third-order valence-corrected chi connectivity index (χ3v) is 4.04. The molecule has 0 aromatic heterocycles. The van der Waals surface area contributed by atoms with E-state index in [2.05, 4.69) is 38.1 Å². The van der Waals surface area contributed by atoms with E-state index in [0.29, 0.717) is 0 Å². The molecule has 0 amide bonds. The first-order chi connectivity index (χ1) is 8.00. The van der Waals surface area contributed by atoms with Crippen molar-refractivity contribution in [1.82, 2.24) is 0 Å². The first kappa shape index (κ1) is 12.6. The molecule has 1 unspecified atom stereocenters. The van der Waals surface area contributed by atoms with Crippen molar-refractivity contribution in [2.24, 2.45) is 0 Å². The average molecular weight is 232 g/mol. The van der Waals surface area contributed by atoms with Crippen LogP contribution in [0.25, 0.3) is 0 Å². The maximum absolute atomic E-state index is 9.65. The molecule has 0 radical (unpaired) electrons. The lowest BCUT2D eigenvalue weighted by atomic mass is 9.71. The third-order valence-electron chi connectivity index (χ3n) is 4.04. The van der Waals surface area contributed by atoms with Crippen molar-refractivity contribution in [2.45, 2.75) is 63.9 Å². The molecule has 94 valence electrons.